The fraction of sp³-hybridized carbons (Fsp3) is 0.409. The summed E-state index contributed by atoms with van der Waals surface area (Å²) in [6, 6.07) is 20.1. The first-order chi connectivity index (χ1) is 11.8. The number of unbranched alkanes of at least 4 members (excludes halogenated alkanes) is 2. The van der Waals surface area contributed by atoms with Gasteiger partial charge in [-0.2, -0.15) is 0 Å². The Bertz CT molecular complexity index is 565. The zero-order valence-corrected chi connectivity index (χ0v) is 14.8. The molecule has 0 radical (unpaired) electrons. The van der Waals surface area contributed by atoms with Crippen LogP contribution in [-0.4, -0.2) is 12.6 Å². The molecule has 0 unspecified atom stereocenters. The van der Waals surface area contributed by atoms with E-state index in [4.69, 9.17) is 4.74 Å². The summed E-state index contributed by atoms with van der Waals surface area (Å²) in [4.78, 5) is 13.2. The van der Waals surface area contributed by atoms with Crippen LogP contribution in [0.4, 0.5) is 0 Å². The van der Waals surface area contributed by atoms with Gasteiger partial charge in [0.2, 0.25) is 0 Å². The number of hydrogen-bond acceptors (Lipinski definition) is 2. The SMILES string of the molecule is CCCCOC(=O)C(CCCC)(c1ccccc1)c1ccccc1. The maximum absolute atomic E-state index is 13.2. The van der Waals surface area contributed by atoms with Crippen LogP contribution >= 0.6 is 0 Å². The van der Waals surface area contributed by atoms with Crippen LogP contribution in [0.3, 0.4) is 0 Å². The van der Waals surface area contributed by atoms with Crippen LogP contribution in [0, 0.1) is 0 Å². The molecular weight excluding hydrogens is 296 g/mol. The molecule has 0 aliphatic carbocycles. The second kappa shape index (κ2) is 9.27. The second-order valence-electron chi connectivity index (χ2n) is 6.23. The molecule has 2 heteroatoms. The normalized spacial score (nSPS) is 11.2. The van der Waals surface area contributed by atoms with Crippen LogP contribution < -0.4 is 0 Å². The molecule has 2 aromatic rings. The Morgan fingerprint density at radius 2 is 1.33 bits per heavy atom. The number of carbonyl (C=O) groups is 1. The minimum atomic E-state index is -0.716. The van der Waals surface area contributed by atoms with Crippen molar-refractivity contribution in [1.82, 2.24) is 0 Å². The molecule has 0 spiro atoms. The third-order valence-electron chi connectivity index (χ3n) is 4.52. The fourth-order valence-corrected chi connectivity index (χ4v) is 3.11. The van der Waals surface area contributed by atoms with E-state index in [9.17, 15) is 4.79 Å². The maximum atomic E-state index is 13.2. The number of hydrogen-bond donors (Lipinski definition) is 0. The van der Waals surface area contributed by atoms with Gasteiger partial charge < -0.3 is 4.74 Å². The lowest BCUT2D eigenvalue weighted by Gasteiger charge is -2.33. The average Bonchev–Trinajstić information content (AvgIpc) is 2.64. The van der Waals surface area contributed by atoms with Gasteiger partial charge in [-0.15, -0.1) is 0 Å². The van der Waals surface area contributed by atoms with E-state index in [-0.39, 0.29) is 5.97 Å². The monoisotopic (exact) mass is 324 g/mol. The van der Waals surface area contributed by atoms with Gasteiger partial charge in [-0.3, -0.25) is 4.79 Å². The number of rotatable bonds is 9. The van der Waals surface area contributed by atoms with Crippen LogP contribution in [0.25, 0.3) is 0 Å². The molecule has 0 saturated carbocycles. The van der Waals surface area contributed by atoms with Crippen LogP contribution in [0.5, 0.6) is 0 Å². The first kappa shape index (κ1) is 18.3. The number of benzene rings is 2. The lowest BCUT2D eigenvalue weighted by atomic mass is 9.71. The molecule has 2 rings (SSSR count). The molecule has 128 valence electrons. The van der Waals surface area contributed by atoms with Crippen molar-refractivity contribution in [2.45, 2.75) is 51.4 Å². The van der Waals surface area contributed by atoms with E-state index in [1.807, 2.05) is 60.7 Å². The zero-order valence-electron chi connectivity index (χ0n) is 14.8. The highest BCUT2D eigenvalue weighted by Gasteiger charge is 2.42. The van der Waals surface area contributed by atoms with E-state index in [1.165, 1.54) is 0 Å². The van der Waals surface area contributed by atoms with Crippen molar-refractivity contribution in [3.05, 3.63) is 71.8 Å². The molecule has 2 nitrogen and oxygen atoms in total. The molecule has 0 N–H and O–H groups in total. The van der Waals surface area contributed by atoms with Crippen LogP contribution in [0.2, 0.25) is 0 Å². The van der Waals surface area contributed by atoms with Crippen molar-refractivity contribution in [3.8, 4) is 0 Å². The molecule has 24 heavy (non-hydrogen) atoms. The van der Waals surface area contributed by atoms with Gasteiger partial charge in [0.1, 0.15) is 5.41 Å². The topological polar surface area (TPSA) is 26.3 Å². The summed E-state index contributed by atoms with van der Waals surface area (Å²) in [6.07, 6.45) is 4.71. The standard InChI is InChI=1S/C22H28O2/c1-3-5-17-22(19-13-9-7-10-14-19,20-15-11-8-12-16-20)21(23)24-18-6-4-2/h7-16H,3-6,17-18H2,1-2H3. The summed E-state index contributed by atoms with van der Waals surface area (Å²) in [5, 5.41) is 0. The fourth-order valence-electron chi connectivity index (χ4n) is 3.11. The van der Waals surface area contributed by atoms with E-state index in [1.54, 1.807) is 0 Å². The van der Waals surface area contributed by atoms with Gasteiger partial charge in [-0.1, -0.05) is 93.8 Å². The molecule has 2 aromatic carbocycles. The Kier molecular flexibility index (Phi) is 7.05. The Hall–Kier alpha value is -2.09. The van der Waals surface area contributed by atoms with Crippen molar-refractivity contribution < 1.29 is 9.53 Å². The van der Waals surface area contributed by atoms with Crippen LogP contribution in [-0.2, 0) is 14.9 Å². The lowest BCUT2D eigenvalue weighted by molar-refractivity contribution is -0.149. The zero-order chi connectivity index (χ0) is 17.3. The van der Waals surface area contributed by atoms with Gasteiger partial charge in [0, 0.05) is 0 Å². The van der Waals surface area contributed by atoms with Gasteiger partial charge in [0.25, 0.3) is 0 Å². The Balaban J connectivity index is 2.49. The first-order valence-corrected chi connectivity index (χ1v) is 9.04. The van der Waals surface area contributed by atoms with E-state index >= 15 is 0 Å². The number of ether oxygens (including phenoxy) is 1. The molecule has 0 aliphatic heterocycles. The summed E-state index contributed by atoms with van der Waals surface area (Å²) >= 11 is 0. The molecule has 0 aromatic heterocycles. The Morgan fingerprint density at radius 1 is 0.833 bits per heavy atom. The summed E-state index contributed by atoms with van der Waals surface area (Å²) in [6.45, 7) is 4.75. The smallest absolute Gasteiger partial charge is 0.321 e. The third kappa shape index (κ3) is 4.05. The molecule has 0 bridgehead atoms. The lowest BCUT2D eigenvalue weighted by Crippen LogP contribution is -2.39. The summed E-state index contributed by atoms with van der Waals surface area (Å²) in [5.41, 5.74) is 1.32. The Labute approximate surface area is 145 Å². The van der Waals surface area contributed by atoms with Gasteiger partial charge in [-0.25, -0.2) is 0 Å². The van der Waals surface area contributed by atoms with Crippen LogP contribution in [0.1, 0.15) is 57.1 Å². The molecule has 0 atom stereocenters. The molecular formula is C22H28O2. The largest absolute Gasteiger partial charge is 0.465 e. The van der Waals surface area contributed by atoms with E-state index in [0.29, 0.717) is 6.61 Å². The summed E-state index contributed by atoms with van der Waals surface area (Å²) < 4.78 is 5.71. The van der Waals surface area contributed by atoms with E-state index in [2.05, 4.69) is 13.8 Å². The van der Waals surface area contributed by atoms with Gasteiger partial charge in [0.15, 0.2) is 0 Å². The van der Waals surface area contributed by atoms with E-state index in [0.717, 1.165) is 43.2 Å². The van der Waals surface area contributed by atoms with Crippen molar-refractivity contribution in [3.63, 3.8) is 0 Å². The number of esters is 1. The van der Waals surface area contributed by atoms with Gasteiger partial charge >= 0.3 is 5.97 Å². The minimum Gasteiger partial charge on any atom is -0.465 e. The Morgan fingerprint density at radius 3 is 1.79 bits per heavy atom. The predicted octanol–water partition coefficient (Wildman–Crippen LogP) is 5.51. The van der Waals surface area contributed by atoms with E-state index < -0.39 is 5.41 Å². The highest BCUT2D eigenvalue weighted by atomic mass is 16.5. The third-order valence-corrected chi connectivity index (χ3v) is 4.52. The van der Waals surface area contributed by atoms with Crippen molar-refractivity contribution in [1.29, 1.82) is 0 Å². The molecule has 0 amide bonds. The molecule has 0 saturated heterocycles. The quantitative estimate of drug-likeness (QED) is 0.449. The highest BCUT2D eigenvalue weighted by molar-refractivity contribution is 5.87. The van der Waals surface area contributed by atoms with Gasteiger partial charge in [0.05, 0.1) is 6.61 Å². The molecule has 0 heterocycles. The average molecular weight is 324 g/mol. The molecule has 0 fully saturated rings. The summed E-state index contributed by atoms with van der Waals surface area (Å²) in [7, 11) is 0. The van der Waals surface area contributed by atoms with Crippen LogP contribution in [0.15, 0.2) is 60.7 Å². The number of carbonyl (C=O) groups excluding carboxylic acids is 1. The predicted molar refractivity (Wildman–Crippen MR) is 99.1 cm³/mol. The summed E-state index contributed by atoms with van der Waals surface area (Å²) in [5.74, 6) is -0.123. The maximum Gasteiger partial charge on any atom is 0.321 e. The second-order valence-corrected chi connectivity index (χ2v) is 6.23. The molecule has 0 aliphatic rings. The minimum absolute atomic E-state index is 0.123. The first-order valence-electron chi connectivity index (χ1n) is 9.04. The van der Waals surface area contributed by atoms with Crippen molar-refractivity contribution >= 4 is 5.97 Å². The highest BCUT2D eigenvalue weighted by Crippen LogP contribution is 2.38. The van der Waals surface area contributed by atoms with Gasteiger partial charge in [-0.05, 0) is 24.0 Å². The van der Waals surface area contributed by atoms with Crippen molar-refractivity contribution in [2.24, 2.45) is 0 Å². The van der Waals surface area contributed by atoms with Crippen molar-refractivity contribution in [2.75, 3.05) is 6.61 Å².